The molecule has 0 aliphatic heterocycles. The molecular weight excluding hydrogens is 242 g/mol. The summed E-state index contributed by atoms with van der Waals surface area (Å²) in [6, 6.07) is 8.02. The van der Waals surface area contributed by atoms with Gasteiger partial charge >= 0.3 is 0 Å². The molecule has 0 fully saturated rings. The summed E-state index contributed by atoms with van der Waals surface area (Å²) in [5.41, 5.74) is 6.80. The second-order valence-electron chi connectivity index (χ2n) is 4.30. The van der Waals surface area contributed by atoms with Crippen LogP contribution in [0.15, 0.2) is 24.3 Å². The number of phenols is 1. The molecule has 0 saturated carbocycles. The van der Waals surface area contributed by atoms with Gasteiger partial charge < -0.3 is 15.7 Å². The number of benzene rings is 1. The van der Waals surface area contributed by atoms with Crippen molar-refractivity contribution in [1.29, 1.82) is 5.26 Å². The molecule has 1 atom stereocenters. The summed E-state index contributed by atoms with van der Waals surface area (Å²) in [6.45, 7) is 2.82. The number of rotatable bonds is 6. The van der Waals surface area contributed by atoms with Crippen LogP contribution in [0.3, 0.4) is 0 Å². The minimum atomic E-state index is -0.622. The number of aromatic hydroxyl groups is 1. The summed E-state index contributed by atoms with van der Waals surface area (Å²) >= 11 is 0. The van der Waals surface area contributed by atoms with Gasteiger partial charge in [-0.1, -0.05) is 12.1 Å². The van der Waals surface area contributed by atoms with Gasteiger partial charge in [0.05, 0.1) is 18.5 Å². The number of nitrogens with zero attached hydrogens (tertiary/aromatic N) is 2. The van der Waals surface area contributed by atoms with Gasteiger partial charge in [0, 0.05) is 13.1 Å². The molecule has 0 spiro atoms. The van der Waals surface area contributed by atoms with Gasteiger partial charge in [0.15, 0.2) is 0 Å². The maximum absolute atomic E-state index is 12.1. The second-order valence-corrected chi connectivity index (χ2v) is 4.30. The normalized spacial score (nSPS) is 11.6. The fraction of sp³-hybridized carbons (Fsp3) is 0.429. The van der Waals surface area contributed by atoms with Gasteiger partial charge in [-0.25, -0.2) is 0 Å². The van der Waals surface area contributed by atoms with E-state index in [1.165, 1.54) is 0 Å². The lowest BCUT2D eigenvalue weighted by atomic mass is 10.1. The molecule has 1 rings (SSSR count). The highest BCUT2D eigenvalue weighted by molar-refractivity contribution is 5.82. The van der Waals surface area contributed by atoms with E-state index in [1.54, 1.807) is 29.2 Å². The molecule has 0 radical (unpaired) electrons. The Morgan fingerprint density at radius 3 is 2.63 bits per heavy atom. The van der Waals surface area contributed by atoms with Crippen LogP contribution < -0.4 is 5.73 Å². The van der Waals surface area contributed by atoms with Crippen molar-refractivity contribution in [3.8, 4) is 11.8 Å². The van der Waals surface area contributed by atoms with E-state index in [-0.39, 0.29) is 11.7 Å². The summed E-state index contributed by atoms with van der Waals surface area (Å²) in [4.78, 5) is 13.7. The maximum Gasteiger partial charge on any atom is 0.239 e. The molecule has 5 nitrogen and oxygen atoms in total. The summed E-state index contributed by atoms with van der Waals surface area (Å²) in [6.07, 6.45) is 0.730. The van der Waals surface area contributed by atoms with Crippen molar-refractivity contribution in [3.05, 3.63) is 29.8 Å². The fourth-order valence-electron chi connectivity index (χ4n) is 1.82. The summed E-state index contributed by atoms with van der Waals surface area (Å²) < 4.78 is 0. The number of hydrogen-bond donors (Lipinski definition) is 2. The third kappa shape index (κ3) is 4.60. The molecule has 0 aromatic heterocycles. The Hall–Kier alpha value is -2.06. The second kappa shape index (κ2) is 7.39. The first kappa shape index (κ1) is 15.0. The minimum Gasteiger partial charge on any atom is -0.508 e. The first-order chi connectivity index (χ1) is 9.08. The Labute approximate surface area is 113 Å². The molecule has 1 aromatic carbocycles. The average molecular weight is 261 g/mol. The van der Waals surface area contributed by atoms with Gasteiger partial charge in [-0.15, -0.1) is 0 Å². The van der Waals surface area contributed by atoms with E-state index in [1.807, 2.05) is 13.0 Å². The Morgan fingerprint density at radius 1 is 1.47 bits per heavy atom. The number of carbonyl (C=O) groups is 1. The van der Waals surface area contributed by atoms with Crippen molar-refractivity contribution in [1.82, 2.24) is 4.90 Å². The topological polar surface area (TPSA) is 90.4 Å². The third-order valence-corrected chi connectivity index (χ3v) is 2.90. The summed E-state index contributed by atoms with van der Waals surface area (Å²) in [5.74, 6) is 0.0404. The van der Waals surface area contributed by atoms with Crippen LogP contribution in [0, 0.1) is 11.3 Å². The largest absolute Gasteiger partial charge is 0.508 e. The zero-order valence-electron chi connectivity index (χ0n) is 11.0. The lowest BCUT2D eigenvalue weighted by Gasteiger charge is -2.23. The van der Waals surface area contributed by atoms with Gasteiger partial charge in [-0.2, -0.15) is 5.26 Å². The smallest absolute Gasteiger partial charge is 0.239 e. The van der Waals surface area contributed by atoms with E-state index in [9.17, 15) is 9.90 Å². The van der Waals surface area contributed by atoms with E-state index in [0.717, 1.165) is 5.56 Å². The van der Waals surface area contributed by atoms with E-state index >= 15 is 0 Å². The number of amides is 1. The highest BCUT2D eigenvalue weighted by Crippen LogP contribution is 2.11. The molecule has 102 valence electrons. The van der Waals surface area contributed by atoms with Gasteiger partial charge in [0.2, 0.25) is 5.91 Å². The van der Waals surface area contributed by atoms with Gasteiger partial charge in [-0.05, 0) is 31.0 Å². The molecular formula is C14H19N3O2. The zero-order valence-corrected chi connectivity index (χ0v) is 11.0. The molecule has 0 unspecified atom stereocenters. The highest BCUT2D eigenvalue weighted by Gasteiger charge is 2.19. The highest BCUT2D eigenvalue weighted by atomic mass is 16.3. The SMILES string of the molecule is CCN(CCC#N)C(=O)[C@H](N)Cc1ccc(O)cc1. The predicted molar refractivity (Wildman–Crippen MR) is 72.3 cm³/mol. The van der Waals surface area contributed by atoms with E-state index in [2.05, 4.69) is 0 Å². The maximum atomic E-state index is 12.1. The van der Waals surface area contributed by atoms with Gasteiger partial charge in [0.25, 0.3) is 0 Å². The quantitative estimate of drug-likeness (QED) is 0.800. The average Bonchev–Trinajstić information content (AvgIpc) is 2.42. The molecule has 0 heterocycles. The molecule has 0 saturated heterocycles. The first-order valence-electron chi connectivity index (χ1n) is 6.27. The summed E-state index contributed by atoms with van der Waals surface area (Å²) in [7, 11) is 0. The lowest BCUT2D eigenvalue weighted by molar-refractivity contribution is -0.132. The molecule has 1 aromatic rings. The van der Waals surface area contributed by atoms with Crippen LogP contribution in [-0.2, 0) is 11.2 Å². The molecule has 0 aliphatic rings. The number of nitrogens with two attached hydrogens (primary N) is 1. The van der Waals surface area contributed by atoms with Crippen molar-refractivity contribution in [2.45, 2.75) is 25.8 Å². The van der Waals surface area contributed by atoms with Crippen molar-refractivity contribution >= 4 is 5.91 Å². The number of nitriles is 1. The van der Waals surface area contributed by atoms with Crippen LogP contribution in [-0.4, -0.2) is 35.0 Å². The fourth-order valence-corrected chi connectivity index (χ4v) is 1.82. The van der Waals surface area contributed by atoms with Gasteiger partial charge in [0.1, 0.15) is 5.75 Å². The van der Waals surface area contributed by atoms with Crippen molar-refractivity contribution in [2.24, 2.45) is 5.73 Å². The Morgan fingerprint density at radius 2 is 2.11 bits per heavy atom. The van der Waals surface area contributed by atoms with Crippen molar-refractivity contribution in [3.63, 3.8) is 0 Å². The van der Waals surface area contributed by atoms with Crippen LogP contribution in [0.25, 0.3) is 0 Å². The first-order valence-corrected chi connectivity index (χ1v) is 6.27. The van der Waals surface area contributed by atoms with Crippen LogP contribution in [0.2, 0.25) is 0 Å². The predicted octanol–water partition coefficient (Wildman–Crippen LogP) is 1.02. The molecule has 19 heavy (non-hydrogen) atoms. The van der Waals surface area contributed by atoms with Crippen LogP contribution in [0.5, 0.6) is 5.75 Å². The molecule has 3 N–H and O–H groups in total. The third-order valence-electron chi connectivity index (χ3n) is 2.90. The Balaban J connectivity index is 2.60. The van der Waals surface area contributed by atoms with E-state index < -0.39 is 6.04 Å². The van der Waals surface area contributed by atoms with E-state index in [0.29, 0.717) is 25.9 Å². The Bertz CT molecular complexity index is 451. The lowest BCUT2D eigenvalue weighted by Crippen LogP contribution is -2.45. The number of hydrogen-bond acceptors (Lipinski definition) is 4. The van der Waals surface area contributed by atoms with Gasteiger partial charge in [-0.3, -0.25) is 4.79 Å². The number of carbonyl (C=O) groups excluding carboxylic acids is 1. The van der Waals surface area contributed by atoms with Crippen LogP contribution in [0.4, 0.5) is 0 Å². The molecule has 5 heteroatoms. The summed E-state index contributed by atoms with van der Waals surface area (Å²) in [5, 5.41) is 17.7. The minimum absolute atomic E-state index is 0.147. The standard InChI is InChI=1S/C14H19N3O2/c1-2-17(9-3-8-15)14(19)13(16)10-11-4-6-12(18)7-5-11/h4-7,13,18H,2-3,9-10,16H2,1H3/t13-/m1/s1. The van der Waals surface area contributed by atoms with Crippen molar-refractivity contribution < 1.29 is 9.90 Å². The van der Waals surface area contributed by atoms with E-state index in [4.69, 9.17) is 11.0 Å². The molecule has 1 amide bonds. The van der Waals surface area contributed by atoms with Crippen LogP contribution in [0.1, 0.15) is 18.9 Å². The molecule has 0 aliphatic carbocycles. The Kier molecular flexibility index (Phi) is 5.83. The number of phenolic OH excluding ortho intramolecular Hbond substituents is 1. The van der Waals surface area contributed by atoms with Crippen molar-refractivity contribution in [2.75, 3.05) is 13.1 Å². The number of likely N-dealkylation sites (N-methyl/N-ethyl adjacent to an activating group) is 1. The zero-order chi connectivity index (χ0) is 14.3. The molecule has 0 bridgehead atoms. The monoisotopic (exact) mass is 261 g/mol. The van der Waals surface area contributed by atoms with Crippen LogP contribution >= 0.6 is 0 Å².